The summed E-state index contributed by atoms with van der Waals surface area (Å²) in [5, 5.41) is 52.7. The van der Waals surface area contributed by atoms with E-state index in [9.17, 15) is 25.5 Å². The van der Waals surface area contributed by atoms with Crippen molar-refractivity contribution < 1.29 is 25.5 Å². The Bertz CT molecular complexity index is 666. The van der Waals surface area contributed by atoms with Gasteiger partial charge in [-0.2, -0.15) is 0 Å². The van der Waals surface area contributed by atoms with Crippen LogP contribution in [-0.2, 0) is 0 Å². The van der Waals surface area contributed by atoms with Crippen LogP contribution in [0, 0.1) is 46.3 Å². The van der Waals surface area contributed by atoms with Gasteiger partial charge in [-0.25, -0.2) is 0 Å². The molecule has 5 N–H and O–H groups in total. The van der Waals surface area contributed by atoms with Crippen molar-refractivity contribution in [2.24, 2.45) is 46.3 Å². The summed E-state index contributed by atoms with van der Waals surface area (Å²) in [5.74, 6) is 2.17. The van der Waals surface area contributed by atoms with Gasteiger partial charge < -0.3 is 25.5 Å². The fraction of sp³-hybridized carbons (Fsp3) is 1.00. The molecule has 12 atom stereocenters. The minimum atomic E-state index is -1.01. The third-order valence-electron chi connectivity index (χ3n) is 11.2. The summed E-state index contributed by atoms with van der Waals surface area (Å²) in [6.45, 7) is 8.45. The number of hydrogen-bond donors (Lipinski definition) is 5. The Hall–Kier alpha value is -0.200. The molecule has 0 aromatic heterocycles. The Labute approximate surface area is 194 Å². The van der Waals surface area contributed by atoms with Crippen LogP contribution in [0.25, 0.3) is 0 Å². The second-order valence-electron chi connectivity index (χ2n) is 13.1. The van der Waals surface area contributed by atoms with Crippen molar-refractivity contribution in [3.63, 3.8) is 0 Å². The number of fused-ring (bicyclic) bond motifs is 5. The molecule has 32 heavy (non-hydrogen) atoms. The summed E-state index contributed by atoms with van der Waals surface area (Å²) in [6, 6.07) is 0. The van der Waals surface area contributed by atoms with Crippen LogP contribution in [0.5, 0.6) is 0 Å². The fourth-order valence-electron chi connectivity index (χ4n) is 9.22. The summed E-state index contributed by atoms with van der Waals surface area (Å²) in [6.07, 6.45) is 7.96. The molecule has 5 heteroatoms. The van der Waals surface area contributed by atoms with Crippen LogP contribution in [0.1, 0.15) is 91.9 Å². The minimum absolute atomic E-state index is 0.116. The molecule has 2 unspecified atom stereocenters. The summed E-state index contributed by atoms with van der Waals surface area (Å²) in [7, 11) is 0. The van der Waals surface area contributed by atoms with E-state index in [1.165, 1.54) is 0 Å². The third kappa shape index (κ3) is 3.98. The van der Waals surface area contributed by atoms with Gasteiger partial charge in [0, 0.05) is 0 Å². The summed E-state index contributed by atoms with van der Waals surface area (Å²) >= 11 is 0. The molecule has 0 bridgehead atoms. The second-order valence-corrected chi connectivity index (χ2v) is 13.1. The average molecular weight is 453 g/mol. The molecular formula is C27H48O5. The maximum absolute atomic E-state index is 11.6. The quantitative estimate of drug-likeness (QED) is 0.425. The predicted octanol–water partition coefficient (Wildman–Crippen LogP) is 3.50. The standard InChI is InChI=1S/C27H48O5/c1-16(6-5-10-25(2,32)15-28)19-7-8-20-24-21(14-23(31)27(19,20)4)26(3)11-9-18(29)12-17(26)13-22(24)30/h16-24,28-32H,5-15H2,1-4H3/t16-,17?,18-,19-,20+,21+,22-,23+,24+,25?,26+,27-/m1/s1. The van der Waals surface area contributed by atoms with Gasteiger partial charge in [0.2, 0.25) is 0 Å². The van der Waals surface area contributed by atoms with Crippen molar-refractivity contribution in [2.75, 3.05) is 6.61 Å². The van der Waals surface area contributed by atoms with Crippen LogP contribution in [0.3, 0.4) is 0 Å². The van der Waals surface area contributed by atoms with E-state index in [1.54, 1.807) is 6.92 Å². The van der Waals surface area contributed by atoms with E-state index in [0.717, 1.165) is 57.8 Å². The van der Waals surface area contributed by atoms with E-state index in [2.05, 4.69) is 20.8 Å². The smallest absolute Gasteiger partial charge is 0.0849 e. The summed E-state index contributed by atoms with van der Waals surface area (Å²) in [4.78, 5) is 0. The normalized spacial score (nSPS) is 51.3. The fourth-order valence-corrected chi connectivity index (χ4v) is 9.22. The maximum Gasteiger partial charge on any atom is 0.0849 e. The highest BCUT2D eigenvalue weighted by molar-refractivity contribution is 5.14. The van der Waals surface area contributed by atoms with Crippen molar-refractivity contribution >= 4 is 0 Å². The monoisotopic (exact) mass is 452 g/mol. The largest absolute Gasteiger partial charge is 0.393 e. The van der Waals surface area contributed by atoms with Crippen LogP contribution in [0.4, 0.5) is 0 Å². The van der Waals surface area contributed by atoms with Crippen molar-refractivity contribution in [1.82, 2.24) is 0 Å². The van der Waals surface area contributed by atoms with Gasteiger partial charge >= 0.3 is 0 Å². The highest BCUT2D eigenvalue weighted by Crippen LogP contribution is 2.68. The second kappa shape index (κ2) is 8.78. The topological polar surface area (TPSA) is 101 Å². The van der Waals surface area contributed by atoms with Crippen LogP contribution in [0.15, 0.2) is 0 Å². The van der Waals surface area contributed by atoms with Crippen molar-refractivity contribution in [3.8, 4) is 0 Å². The first kappa shape index (κ1) is 24.9. The van der Waals surface area contributed by atoms with Crippen LogP contribution in [0.2, 0.25) is 0 Å². The van der Waals surface area contributed by atoms with Gasteiger partial charge in [0.25, 0.3) is 0 Å². The first-order chi connectivity index (χ1) is 14.9. The van der Waals surface area contributed by atoms with Crippen LogP contribution in [-0.4, -0.2) is 56.1 Å². The van der Waals surface area contributed by atoms with Crippen LogP contribution >= 0.6 is 0 Å². The molecule has 0 aromatic rings. The molecule has 4 rings (SSSR count). The molecule has 0 saturated heterocycles. The SMILES string of the molecule is C[C@H](CCCC(C)(O)CO)[C@H]1CC[C@H]2[C@@H]3[C@H](O)CC4C[C@H](O)CC[C@]4(C)[C@H]3C[C@H](O)[C@]12C. The summed E-state index contributed by atoms with van der Waals surface area (Å²) in [5.41, 5.74) is -1.06. The Kier molecular flexibility index (Phi) is 6.84. The first-order valence-corrected chi connectivity index (χ1v) is 13.3. The minimum Gasteiger partial charge on any atom is -0.393 e. The zero-order chi connectivity index (χ0) is 23.5. The Balaban J connectivity index is 1.51. The molecule has 4 aliphatic carbocycles. The molecule has 0 heterocycles. The molecular weight excluding hydrogens is 404 g/mol. The molecule has 186 valence electrons. The van der Waals surface area contributed by atoms with Crippen molar-refractivity contribution in [1.29, 1.82) is 0 Å². The molecule has 0 aromatic carbocycles. The third-order valence-corrected chi connectivity index (χ3v) is 11.2. The van der Waals surface area contributed by atoms with Gasteiger partial charge in [-0.3, -0.25) is 0 Å². The van der Waals surface area contributed by atoms with Gasteiger partial charge in [-0.1, -0.05) is 33.6 Å². The van der Waals surface area contributed by atoms with Crippen molar-refractivity contribution in [3.05, 3.63) is 0 Å². The molecule has 4 saturated carbocycles. The molecule has 0 radical (unpaired) electrons. The zero-order valence-corrected chi connectivity index (χ0v) is 20.7. The van der Waals surface area contributed by atoms with Crippen molar-refractivity contribution in [2.45, 2.75) is 116 Å². The van der Waals surface area contributed by atoms with Crippen LogP contribution < -0.4 is 0 Å². The highest BCUT2D eigenvalue weighted by atomic mass is 16.3. The zero-order valence-electron chi connectivity index (χ0n) is 20.7. The lowest BCUT2D eigenvalue weighted by atomic mass is 9.43. The number of rotatable bonds is 6. The molecule has 0 spiro atoms. The molecule has 5 nitrogen and oxygen atoms in total. The molecule has 4 aliphatic rings. The number of hydrogen-bond acceptors (Lipinski definition) is 5. The lowest BCUT2D eigenvalue weighted by molar-refractivity contribution is -0.207. The number of aliphatic hydroxyl groups is 5. The van der Waals surface area contributed by atoms with Gasteiger partial charge in [0.1, 0.15) is 0 Å². The molecule has 0 aliphatic heterocycles. The van der Waals surface area contributed by atoms with Gasteiger partial charge in [-0.15, -0.1) is 0 Å². The van der Waals surface area contributed by atoms with E-state index < -0.39 is 5.60 Å². The first-order valence-electron chi connectivity index (χ1n) is 13.3. The van der Waals surface area contributed by atoms with Gasteiger partial charge in [-0.05, 0) is 105 Å². The molecule has 0 amide bonds. The lowest BCUT2D eigenvalue weighted by Gasteiger charge is -2.63. The number of aliphatic hydroxyl groups excluding tert-OH is 4. The van der Waals surface area contributed by atoms with E-state index in [1.807, 2.05) is 0 Å². The van der Waals surface area contributed by atoms with E-state index in [0.29, 0.717) is 36.0 Å². The Morgan fingerprint density at radius 2 is 1.72 bits per heavy atom. The Morgan fingerprint density at radius 1 is 1.00 bits per heavy atom. The average Bonchev–Trinajstić information content (AvgIpc) is 3.08. The Morgan fingerprint density at radius 3 is 2.41 bits per heavy atom. The van der Waals surface area contributed by atoms with Gasteiger partial charge in [0.15, 0.2) is 0 Å². The molecule has 4 fully saturated rings. The van der Waals surface area contributed by atoms with Gasteiger partial charge in [0.05, 0.1) is 30.5 Å². The van der Waals surface area contributed by atoms with E-state index in [-0.39, 0.29) is 41.7 Å². The lowest BCUT2D eigenvalue weighted by Crippen LogP contribution is -2.62. The van der Waals surface area contributed by atoms with E-state index in [4.69, 9.17) is 0 Å². The predicted molar refractivity (Wildman–Crippen MR) is 125 cm³/mol. The van der Waals surface area contributed by atoms with E-state index >= 15 is 0 Å². The highest BCUT2D eigenvalue weighted by Gasteiger charge is 2.65. The summed E-state index contributed by atoms with van der Waals surface area (Å²) < 4.78 is 0. The maximum atomic E-state index is 11.6.